The quantitative estimate of drug-likeness (QED) is 0.587. The third-order valence-electron chi connectivity index (χ3n) is 5.87. The number of aliphatic hydroxyl groups is 1. The van der Waals surface area contributed by atoms with Gasteiger partial charge in [0.15, 0.2) is 11.6 Å². The number of morpholine rings is 1. The summed E-state index contributed by atoms with van der Waals surface area (Å²) in [6.07, 6.45) is 2.08. The lowest BCUT2D eigenvalue weighted by Crippen LogP contribution is -2.42. The number of aliphatic hydroxyl groups excluding tert-OH is 1. The van der Waals surface area contributed by atoms with Crippen LogP contribution in [0.15, 0.2) is 30.5 Å². The molecule has 0 amide bonds. The van der Waals surface area contributed by atoms with E-state index in [1.54, 1.807) is 0 Å². The van der Waals surface area contributed by atoms with E-state index in [1.807, 2.05) is 24.3 Å². The number of rotatable bonds is 5. The van der Waals surface area contributed by atoms with Crippen molar-refractivity contribution >= 4 is 16.9 Å². The Morgan fingerprint density at radius 2 is 1.90 bits per heavy atom. The first-order valence-corrected chi connectivity index (χ1v) is 10.7. The zero-order chi connectivity index (χ0) is 20.3. The molecule has 8 heteroatoms. The molecular weight excluding hydrogens is 380 g/mol. The van der Waals surface area contributed by atoms with Gasteiger partial charge in [0.05, 0.1) is 25.3 Å². The maximum atomic E-state index is 9.55. The molecule has 5 rings (SSSR count). The molecule has 0 spiro atoms. The Kier molecular flexibility index (Phi) is 5.63. The van der Waals surface area contributed by atoms with E-state index in [0.717, 1.165) is 73.8 Å². The van der Waals surface area contributed by atoms with Gasteiger partial charge in [0.25, 0.3) is 0 Å². The third kappa shape index (κ3) is 3.91. The lowest BCUT2D eigenvalue weighted by Gasteiger charge is -2.28. The van der Waals surface area contributed by atoms with E-state index in [-0.39, 0.29) is 6.61 Å². The Hall–Kier alpha value is -2.52. The summed E-state index contributed by atoms with van der Waals surface area (Å²) < 4.78 is 5.55. The van der Waals surface area contributed by atoms with Crippen molar-refractivity contribution in [2.24, 2.45) is 0 Å². The maximum absolute atomic E-state index is 9.55. The van der Waals surface area contributed by atoms with Crippen LogP contribution in [0.5, 0.6) is 0 Å². The molecule has 4 heterocycles. The van der Waals surface area contributed by atoms with Crippen molar-refractivity contribution in [3.05, 3.63) is 41.6 Å². The summed E-state index contributed by atoms with van der Waals surface area (Å²) in [5.41, 5.74) is 4.95. The highest BCUT2D eigenvalue weighted by atomic mass is 16.5. The Morgan fingerprint density at radius 3 is 2.70 bits per heavy atom. The van der Waals surface area contributed by atoms with E-state index < -0.39 is 0 Å². The Morgan fingerprint density at radius 1 is 1.07 bits per heavy atom. The number of H-pyrrole nitrogens is 1. The topological polar surface area (TPSA) is 89.5 Å². The van der Waals surface area contributed by atoms with Crippen LogP contribution in [-0.4, -0.2) is 77.4 Å². The van der Waals surface area contributed by atoms with Crippen LogP contribution >= 0.6 is 0 Å². The number of piperazine rings is 1. The number of fused-ring (bicyclic) bond motifs is 1. The highest BCUT2D eigenvalue weighted by molar-refractivity contribution is 5.90. The van der Waals surface area contributed by atoms with Gasteiger partial charge >= 0.3 is 0 Å². The second-order valence-electron chi connectivity index (χ2n) is 7.89. The molecule has 30 heavy (non-hydrogen) atoms. The molecule has 0 unspecified atom stereocenters. The minimum atomic E-state index is 0.00477. The Bertz CT molecular complexity index is 1010. The zero-order valence-electron chi connectivity index (χ0n) is 17.1. The first kappa shape index (κ1) is 19.4. The molecule has 2 aromatic heterocycles. The summed E-state index contributed by atoms with van der Waals surface area (Å²) in [4.78, 5) is 18.1. The van der Waals surface area contributed by atoms with Crippen molar-refractivity contribution in [3.8, 4) is 11.4 Å². The van der Waals surface area contributed by atoms with Crippen LogP contribution in [-0.2, 0) is 17.9 Å². The number of benzene rings is 1. The average Bonchev–Trinajstić information content (AvgIpc) is 3.22. The van der Waals surface area contributed by atoms with Gasteiger partial charge in [-0.05, 0) is 11.6 Å². The van der Waals surface area contributed by atoms with Crippen molar-refractivity contribution < 1.29 is 9.84 Å². The first-order chi connectivity index (χ1) is 14.8. The molecule has 3 aromatic rings. The summed E-state index contributed by atoms with van der Waals surface area (Å²) in [6, 6.07) is 7.83. The van der Waals surface area contributed by atoms with Gasteiger partial charge in [-0.3, -0.25) is 4.90 Å². The smallest absolute Gasteiger partial charge is 0.162 e. The maximum Gasteiger partial charge on any atom is 0.162 e. The van der Waals surface area contributed by atoms with Gasteiger partial charge in [-0.15, -0.1) is 0 Å². The average molecular weight is 409 g/mol. The van der Waals surface area contributed by atoms with Crippen LogP contribution in [0.1, 0.15) is 11.1 Å². The van der Waals surface area contributed by atoms with E-state index in [0.29, 0.717) is 19.0 Å². The normalized spacial score (nSPS) is 18.2. The van der Waals surface area contributed by atoms with Gasteiger partial charge in [0.1, 0.15) is 5.52 Å². The van der Waals surface area contributed by atoms with Crippen molar-refractivity contribution in [1.82, 2.24) is 25.2 Å². The Balaban J connectivity index is 1.59. The minimum Gasteiger partial charge on any atom is -0.392 e. The number of aromatic nitrogens is 3. The third-order valence-corrected chi connectivity index (χ3v) is 5.87. The summed E-state index contributed by atoms with van der Waals surface area (Å²) in [7, 11) is 0. The fraction of sp³-hybridized carbons (Fsp3) is 0.455. The SMILES string of the molecule is OCc1cccc(-c2nc(N3CCOCC3)c3[nH]cc(CN4CCNCC4)c3n2)c1. The van der Waals surface area contributed by atoms with Crippen LogP contribution in [0.4, 0.5) is 5.82 Å². The van der Waals surface area contributed by atoms with Crippen LogP contribution in [0.3, 0.4) is 0 Å². The fourth-order valence-electron chi connectivity index (χ4n) is 4.21. The summed E-state index contributed by atoms with van der Waals surface area (Å²) >= 11 is 0. The molecular formula is C22H28N6O2. The van der Waals surface area contributed by atoms with Crippen molar-refractivity contribution in [3.63, 3.8) is 0 Å². The molecule has 0 aliphatic carbocycles. The Labute approximate surface area is 175 Å². The zero-order valence-corrected chi connectivity index (χ0v) is 17.1. The van der Waals surface area contributed by atoms with Gasteiger partial charge in [-0.2, -0.15) is 0 Å². The lowest BCUT2D eigenvalue weighted by atomic mass is 10.1. The van der Waals surface area contributed by atoms with E-state index in [9.17, 15) is 5.11 Å². The number of ether oxygens (including phenoxy) is 1. The number of nitrogens with one attached hydrogen (secondary N) is 2. The summed E-state index contributed by atoms with van der Waals surface area (Å²) in [5.74, 6) is 1.62. The molecule has 2 fully saturated rings. The van der Waals surface area contributed by atoms with Gasteiger partial charge in [0, 0.05) is 63.1 Å². The van der Waals surface area contributed by atoms with E-state index >= 15 is 0 Å². The van der Waals surface area contributed by atoms with Crippen LogP contribution in [0, 0.1) is 0 Å². The van der Waals surface area contributed by atoms with Gasteiger partial charge in [0.2, 0.25) is 0 Å². The minimum absolute atomic E-state index is 0.00477. The second kappa shape index (κ2) is 8.69. The van der Waals surface area contributed by atoms with Crippen molar-refractivity contribution in [2.75, 3.05) is 57.4 Å². The van der Waals surface area contributed by atoms with Crippen molar-refractivity contribution in [1.29, 1.82) is 0 Å². The number of hydrogen-bond acceptors (Lipinski definition) is 7. The molecule has 1 aromatic carbocycles. The fourth-order valence-corrected chi connectivity index (χ4v) is 4.21. The number of nitrogens with zero attached hydrogens (tertiary/aromatic N) is 4. The number of hydrogen-bond donors (Lipinski definition) is 3. The van der Waals surface area contributed by atoms with Gasteiger partial charge in [-0.25, -0.2) is 9.97 Å². The molecule has 0 bridgehead atoms. The predicted molar refractivity (Wildman–Crippen MR) is 116 cm³/mol. The van der Waals surface area contributed by atoms with E-state index in [2.05, 4.69) is 26.3 Å². The highest BCUT2D eigenvalue weighted by Gasteiger charge is 2.22. The molecule has 2 saturated heterocycles. The van der Waals surface area contributed by atoms with E-state index in [4.69, 9.17) is 14.7 Å². The molecule has 0 saturated carbocycles. The van der Waals surface area contributed by atoms with Crippen molar-refractivity contribution in [2.45, 2.75) is 13.2 Å². The first-order valence-electron chi connectivity index (χ1n) is 10.7. The van der Waals surface area contributed by atoms with E-state index in [1.165, 1.54) is 5.56 Å². The van der Waals surface area contributed by atoms with Crippen LogP contribution in [0.2, 0.25) is 0 Å². The number of anilines is 1. The molecule has 0 atom stereocenters. The predicted octanol–water partition coefficient (Wildman–Crippen LogP) is 1.36. The summed E-state index contributed by atoms with van der Waals surface area (Å²) in [6.45, 7) is 8.04. The van der Waals surface area contributed by atoms with Gasteiger partial charge < -0.3 is 25.0 Å². The second-order valence-corrected chi connectivity index (χ2v) is 7.89. The largest absolute Gasteiger partial charge is 0.392 e. The van der Waals surface area contributed by atoms with Crippen LogP contribution in [0.25, 0.3) is 22.4 Å². The summed E-state index contributed by atoms with van der Waals surface area (Å²) in [5, 5.41) is 13.0. The molecule has 0 radical (unpaired) electrons. The molecule has 2 aliphatic heterocycles. The number of aromatic amines is 1. The molecule has 2 aliphatic rings. The molecule has 158 valence electrons. The molecule has 8 nitrogen and oxygen atoms in total. The van der Waals surface area contributed by atoms with Crippen LogP contribution < -0.4 is 10.2 Å². The highest BCUT2D eigenvalue weighted by Crippen LogP contribution is 2.30. The molecule has 3 N–H and O–H groups in total. The van der Waals surface area contributed by atoms with Gasteiger partial charge in [-0.1, -0.05) is 18.2 Å². The lowest BCUT2D eigenvalue weighted by molar-refractivity contribution is 0.122. The monoisotopic (exact) mass is 408 g/mol. The standard InChI is InChI=1S/C22H28N6O2/c29-15-16-2-1-3-17(12-16)21-25-19-18(14-27-6-4-23-5-7-27)13-24-20(19)22(26-21)28-8-10-30-11-9-28/h1-3,12-13,23-24,29H,4-11,14-15H2.